The highest BCUT2D eigenvalue weighted by Crippen LogP contribution is 2.27. The van der Waals surface area contributed by atoms with Gasteiger partial charge in [0.2, 0.25) is 5.60 Å². The molecule has 96 valence electrons. The van der Waals surface area contributed by atoms with Crippen molar-refractivity contribution in [2.24, 2.45) is 16.2 Å². The van der Waals surface area contributed by atoms with Crippen molar-refractivity contribution in [1.29, 1.82) is 0 Å². The smallest absolute Gasteiger partial charge is 0.377 e. The highest BCUT2D eigenvalue weighted by Gasteiger charge is 2.44. The zero-order valence-corrected chi connectivity index (χ0v) is 10.5. The number of carbonyl (C=O) groups is 1. The minimum absolute atomic E-state index is 0.102. The van der Waals surface area contributed by atoms with Crippen LogP contribution in [0.15, 0.2) is 10.3 Å². The van der Waals surface area contributed by atoms with Crippen LogP contribution in [0.3, 0.4) is 0 Å². The first-order valence-electron chi connectivity index (χ1n) is 5.45. The molecule has 0 bridgehead atoms. The van der Waals surface area contributed by atoms with E-state index in [0.717, 1.165) is 5.71 Å². The molecule has 0 aliphatic carbocycles. The molecule has 0 fully saturated rings. The zero-order valence-electron chi connectivity index (χ0n) is 10.5. The monoisotopic (exact) mass is 244 g/mol. The van der Waals surface area contributed by atoms with Gasteiger partial charge < -0.3 is 9.68 Å². The van der Waals surface area contributed by atoms with Gasteiger partial charge in [-0.05, 0) is 19.8 Å². The molecule has 1 heterocycles. The zero-order chi connectivity index (χ0) is 13.1. The number of carbonyl (C=O) groups excluding carboxylic acids is 1. The Morgan fingerprint density at radius 2 is 2.35 bits per heavy atom. The minimum atomic E-state index is -1.15. The molecule has 1 aliphatic rings. The summed E-state index contributed by atoms with van der Waals surface area (Å²) in [5.41, 5.74) is -0.250. The van der Waals surface area contributed by atoms with Crippen molar-refractivity contribution in [3.63, 3.8) is 0 Å². The Hall–Kier alpha value is -1.46. The fourth-order valence-electron chi connectivity index (χ4n) is 1.23. The van der Waals surface area contributed by atoms with Gasteiger partial charge in [0.05, 0.1) is 11.4 Å². The van der Waals surface area contributed by atoms with Crippen molar-refractivity contribution in [2.75, 3.05) is 6.67 Å². The van der Waals surface area contributed by atoms with Gasteiger partial charge in [0, 0.05) is 6.42 Å². The molecule has 0 aromatic heterocycles. The summed E-state index contributed by atoms with van der Waals surface area (Å²) >= 11 is 0. The van der Waals surface area contributed by atoms with Crippen LogP contribution in [0, 0.1) is 5.92 Å². The fourth-order valence-corrected chi connectivity index (χ4v) is 1.23. The average molecular weight is 244 g/mol. The first kappa shape index (κ1) is 13.6. The molecule has 0 saturated carbocycles. The first-order chi connectivity index (χ1) is 7.89. The second kappa shape index (κ2) is 5.25. The van der Waals surface area contributed by atoms with Crippen molar-refractivity contribution in [3.8, 4) is 0 Å². The van der Waals surface area contributed by atoms with E-state index in [2.05, 4.69) is 15.1 Å². The van der Waals surface area contributed by atoms with E-state index in [4.69, 9.17) is 4.84 Å². The molecule has 1 unspecified atom stereocenters. The topological polar surface area (TPSA) is 60.2 Å². The number of halogens is 1. The van der Waals surface area contributed by atoms with Crippen LogP contribution < -0.4 is 0 Å². The standard InChI is InChI=1S/C11H17FN2O3/c1-7(2)9-5-11(4,17-14-9)10(15)16-13-8(3)6-12/h7H,5-6H2,1-4H3/b13-8+. The predicted molar refractivity (Wildman–Crippen MR) is 61.6 cm³/mol. The number of alkyl halides is 1. The SMILES string of the molecule is C/C(CF)=N\OC(=O)C1(C)CC(C(C)C)=NO1. The van der Waals surface area contributed by atoms with Gasteiger partial charge in [0.15, 0.2) is 0 Å². The Morgan fingerprint density at radius 3 is 2.82 bits per heavy atom. The van der Waals surface area contributed by atoms with Crippen molar-refractivity contribution in [3.05, 3.63) is 0 Å². The summed E-state index contributed by atoms with van der Waals surface area (Å²) in [6.45, 7) is 6.18. The van der Waals surface area contributed by atoms with Gasteiger partial charge in [-0.1, -0.05) is 24.2 Å². The maximum Gasteiger partial charge on any atom is 0.381 e. The van der Waals surface area contributed by atoms with E-state index in [-0.39, 0.29) is 11.6 Å². The largest absolute Gasteiger partial charge is 0.381 e. The Balaban J connectivity index is 2.60. The summed E-state index contributed by atoms with van der Waals surface area (Å²) in [7, 11) is 0. The lowest BCUT2D eigenvalue weighted by Gasteiger charge is -2.17. The Morgan fingerprint density at radius 1 is 1.71 bits per heavy atom. The number of nitrogens with zero attached hydrogens (tertiary/aromatic N) is 2. The molecule has 0 spiro atoms. The average Bonchev–Trinajstić information content (AvgIpc) is 2.69. The fraction of sp³-hybridized carbons (Fsp3) is 0.727. The van der Waals surface area contributed by atoms with Gasteiger partial charge in [-0.25, -0.2) is 9.18 Å². The number of hydrogen-bond donors (Lipinski definition) is 0. The lowest BCUT2D eigenvalue weighted by Crippen LogP contribution is -2.36. The molecule has 17 heavy (non-hydrogen) atoms. The maximum absolute atomic E-state index is 12.1. The first-order valence-corrected chi connectivity index (χ1v) is 5.45. The molecular formula is C11H17FN2O3. The van der Waals surface area contributed by atoms with Gasteiger partial charge in [-0.15, -0.1) is 0 Å². The van der Waals surface area contributed by atoms with E-state index in [9.17, 15) is 9.18 Å². The summed E-state index contributed by atoms with van der Waals surface area (Å²) in [6.07, 6.45) is 0.369. The molecule has 0 saturated heterocycles. The normalized spacial score (nSPS) is 24.6. The highest BCUT2D eigenvalue weighted by molar-refractivity contribution is 5.94. The summed E-state index contributed by atoms with van der Waals surface area (Å²) in [5, 5.41) is 7.21. The second-order valence-corrected chi connectivity index (χ2v) is 4.58. The summed E-state index contributed by atoms with van der Waals surface area (Å²) in [6, 6.07) is 0. The van der Waals surface area contributed by atoms with Crippen molar-refractivity contribution in [1.82, 2.24) is 0 Å². The number of rotatable bonds is 4. The number of oxime groups is 2. The van der Waals surface area contributed by atoms with Gasteiger partial charge in [0.25, 0.3) is 0 Å². The van der Waals surface area contributed by atoms with Crippen LogP contribution in [0.4, 0.5) is 4.39 Å². The van der Waals surface area contributed by atoms with Crippen LogP contribution in [0.1, 0.15) is 34.1 Å². The van der Waals surface area contributed by atoms with Gasteiger partial charge >= 0.3 is 5.97 Å². The van der Waals surface area contributed by atoms with Crippen molar-refractivity contribution < 1.29 is 18.9 Å². The molecule has 0 amide bonds. The molecule has 0 N–H and O–H groups in total. The van der Waals surface area contributed by atoms with E-state index in [1.54, 1.807) is 6.92 Å². The highest BCUT2D eigenvalue weighted by atomic mass is 19.1. The van der Waals surface area contributed by atoms with Crippen LogP contribution in [-0.2, 0) is 14.5 Å². The summed E-state index contributed by atoms with van der Waals surface area (Å²) in [4.78, 5) is 21.4. The molecule has 0 aromatic rings. The lowest BCUT2D eigenvalue weighted by atomic mass is 9.94. The van der Waals surface area contributed by atoms with E-state index < -0.39 is 18.2 Å². The third-order valence-corrected chi connectivity index (χ3v) is 2.46. The summed E-state index contributed by atoms with van der Waals surface area (Å²) < 4.78 is 12.1. The maximum atomic E-state index is 12.1. The van der Waals surface area contributed by atoms with E-state index >= 15 is 0 Å². The molecule has 0 aromatic carbocycles. The van der Waals surface area contributed by atoms with Crippen LogP contribution in [-0.4, -0.2) is 29.7 Å². The van der Waals surface area contributed by atoms with Gasteiger partial charge in [-0.3, -0.25) is 0 Å². The predicted octanol–water partition coefficient (Wildman–Crippen LogP) is 2.07. The van der Waals surface area contributed by atoms with Gasteiger partial charge in [0.1, 0.15) is 6.67 Å². The third-order valence-electron chi connectivity index (χ3n) is 2.46. The van der Waals surface area contributed by atoms with Crippen LogP contribution >= 0.6 is 0 Å². The summed E-state index contributed by atoms with van der Waals surface area (Å²) in [5.74, 6) is -0.453. The minimum Gasteiger partial charge on any atom is -0.377 e. The van der Waals surface area contributed by atoms with Gasteiger partial charge in [-0.2, -0.15) is 0 Å². The Labute approximate surface area is 99.6 Å². The second-order valence-electron chi connectivity index (χ2n) is 4.58. The Kier molecular flexibility index (Phi) is 4.20. The molecule has 1 atom stereocenters. The lowest BCUT2D eigenvalue weighted by molar-refractivity contribution is -0.167. The molecule has 1 aliphatic heterocycles. The Bertz CT molecular complexity index is 366. The van der Waals surface area contributed by atoms with Crippen molar-refractivity contribution in [2.45, 2.75) is 39.7 Å². The van der Waals surface area contributed by atoms with Crippen LogP contribution in [0.2, 0.25) is 0 Å². The van der Waals surface area contributed by atoms with E-state index in [0.29, 0.717) is 6.42 Å². The molecule has 6 heteroatoms. The quantitative estimate of drug-likeness (QED) is 0.432. The van der Waals surface area contributed by atoms with E-state index in [1.807, 2.05) is 13.8 Å². The molecule has 0 radical (unpaired) electrons. The van der Waals surface area contributed by atoms with Crippen molar-refractivity contribution >= 4 is 17.4 Å². The molecule has 1 rings (SSSR count). The van der Waals surface area contributed by atoms with Crippen LogP contribution in [0.5, 0.6) is 0 Å². The molecular weight excluding hydrogens is 227 g/mol. The number of hydrogen-bond acceptors (Lipinski definition) is 5. The van der Waals surface area contributed by atoms with Crippen LogP contribution in [0.25, 0.3) is 0 Å². The third kappa shape index (κ3) is 3.25. The van der Waals surface area contributed by atoms with E-state index in [1.165, 1.54) is 6.92 Å². The molecule has 5 nitrogen and oxygen atoms in total.